The van der Waals surface area contributed by atoms with Gasteiger partial charge in [0, 0.05) is 6.26 Å². The van der Waals surface area contributed by atoms with Gasteiger partial charge in [0.2, 0.25) is 0 Å². The smallest absolute Gasteiger partial charge is 0.399 e. The summed E-state index contributed by atoms with van der Waals surface area (Å²) in [5, 5.41) is 0. The summed E-state index contributed by atoms with van der Waals surface area (Å²) in [6, 6.07) is 5.89. The zero-order valence-electron chi connectivity index (χ0n) is 12.6. The Bertz CT molecular complexity index is 674. The molecule has 1 unspecified atom stereocenters. The molecule has 108 valence electrons. The van der Waals surface area contributed by atoms with Crippen molar-refractivity contribution in [2.24, 2.45) is 4.36 Å². The summed E-state index contributed by atoms with van der Waals surface area (Å²) in [6.45, 7) is 8.64. The number of hydrogen-bond acceptors (Lipinski definition) is 4. The molecule has 1 fully saturated rings. The minimum absolute atomic E-state index is 0.366. The molecule has 6 heteroatoms. The molecule has 0 bridgehead atoms. The standard InChI is InChI=1S/C14H20BNO3S/c1-13(2)14(3,4)19-15(18-13)11-7-6-10-9-16-20(5,17)12(10)8-11/h6-8H,9H2,1-5H3. The van der Waals surface area contributed by atoms with Crippen molar-refractivity contribution in [1.29, 1.82) is 0 Å². The maximum Gasteiger partial charge on any atom is 0.494 e. The third-order valence-electron chi connectivity index (χ3n) is 4.51. The molecule has 0 aromatic heterocycles. The number of benzene rings is 1. The SMILES string of the molecule is CC1(C)OB(c2ccc3c(c2)S(C)(=O)=NC3)OC1(C)C. The first-order valence-electron chi connectivity index (χ1n) is 6.79. The van der Waals surface area contributed by atoms with Crippen LogP contribution in [0, 0.1) is 0 Å². The van der Waals surface area contributed by atoms with Gasteiger partial charge in [-0.15, -0.1) is 0 Å². The van der Waals surface area contributed by atoms with Crippen LogP contribution in [0.3, 0.4) is 0 Å². The van der Waals surface area contributed by atoms with Gasteiger partial charge < -0.3 is 9.31 Å². The fraction of sp³-hybridized carbons (Fsp3) is 0.571. The fourth-order valence-electron chi connectivity index (χ4n) is 2.44. The molecule has 2 heterocycles. The Morgan fingerprint density at radius 1 is 1.20 bits per heavy atom. The monoisotopic (exact) mass is 293 g/mol. The van der Waals surface area contributed by atoms with Crippen molar-refractivity contribution in [1.82, 2.24) is 0 Å². The Morgan fingerprint density at radius 2 is 1.80 bits per heavy atom. The molecule has 0 amide bonds. The van der Waals surface area contributed by atoms with Crippen molar-refractivity contribution in [2.45, 2.75) is 50.3 Å². The van der Waals surface area contributed by atoms with Gasteiger partial charge in [-0.3, -0.25) is 0 Å². The third-order valence-corrected chi connectivity index (χ3v) is 6.32. The van der Waals surface area contributed by atoms with Crippen LogP contribution in [0.25, 0.3) is 0 Å². The normalized spacial score (nSPS) is 30.1. The number of fused-ring (bicyclic) bond motifs is 1. The number of rotatable bonds is 1. The van der Waals surface area contributed by atoms with Crippen LogP contribution in [0.4, 0.5) is 0 Å². The van der Waals surface area contributed by atoms with Crippen LogP contribution < -0.4 is 5.46 Å². The van der Waals surface area contributed by atoms with Gasteiger partial charge in [0.25, 0.3) is 0 Å². The average molecular weight is 293 g/mol. The molecular weight excluding hydrogens is 273 g/mol. The first-order chi connectivity index (χ1) is 9.12. The minimum atomic E-state index is -2.25. The lowest BCUT2D eigenvalue weighted by Gasteiger charge is -2.32. The summed E-state index contributed by atoms with van der Waals surface area (Å²) in [6.07, 6.45) is 1.69. The van der Waals surface area contributed by atoms with Crippen molar-refractivity contribution in [2.75, 3.05) is 6.26 Å². The minimum Gasteiger partial charge on any atom is -0.399 e. The lowest BCUT2D eigenvalue weighted by molar-refractivity contribution is 0.00578. The van der Waals surface area contributed by atoms with Gasteiger partial charge in [-0.1, -0.05) is 12.1 Å². The lowest BCUT2D eigenvalue weighted by Crippen LogP contribution is -2.41. The number of nitrogens with zero attached hydrogens (tertiary/aromatic N) is 1. The van der Waals surface area contributed by atoms with Crippen LogP contribution in [0.1, 0.15) is 33.3 Å². The van der Waals surface area contributed by atoms with E-state index in [1.807, 2.05) is 45.9 Å². The van der Waals surface area contributed by atoms with Gasteiger partial charge in [0.1, 0.15) is 0 Å². The molecule has 1 aromatic carbocycles. The van der Waals surface area contributed by atoms with E-state index in [0.717, 1.165) is 15.9 Å². The molecule has 1 saturated heterocycles. The van der Waals surface area contributed by atoms with Crippen LogP contribution in [0.15, 0.2) is 27.5 Å². The largest absolute Gasteiger partial charge is 0.494 e. The van der Waals surface area contributed by atoms with E-state index in [-0.39, 0.29) is 11.2 Å². The summed E-state index contributed by atoms with van der Waals surface area (Å²) in [5.41, 5.74) is 1.22. The predicted molar refractivity (Wildman–Crippen MR) is 80.6 cm³/mol. The molecule has 0 N–H and O–H groups in total. The molecule has 0 aliphatic carbocycles. The highest BCUT2D eigenvalue weighted by atomic mass is 32.2. The van der Waals surface area contributed by atoms with Gasteiger partial charge in [-0.2, -0.15) is 0 Å². The fourth-order valence-corrected chi connectivity index (χ4v) is 3.94. The molecule has 2 aliphatic rings. The topological polar surface area (TPSA) is 47.9 Å². The molecule has 4 nitrogen and oxygen atoms in total. The van der Waals surface area contributed by atoms with Crippen molar-refractivity contribution in [3.8, 4) is 0 Å². The highest BCUT2D eigenvalue weighted by Crippen LogP contribution is 2.37. The zero-order valence-corrected chi connectivity index (χ0v) is 13.4. The molecule has 3 rings (SSSR count). The molecule has 1 atom stereocenters. The van der Waals surface area contributed by atoms with E-state index in [1.54, 1.807) is 6.26 Å². The number of hydrogen-bond donors (Lipinski definition) is 0. The molecule has 2 aliphatic heterocycles. The summed E-state index contributed by atoms with van der Waals surface area (Å²) in [7, 11) is -2.67. The second kappa shape index (κ2) is 4.09. The van der Waals surface area contributed by atoms with E-state index in [4.69, 9.17) is 9.31 Å². The summed E-state index contributed by atoms with van der Waals surface area (Å²) in [4.78, 5) is 0.824. The van der Waals surface area contributed by atoms with Crippen LogP contribution >= 0.6 is 0 Å². The van der Waals surface area contributed by atoms with Crippen molar-refractivity contribution in [3.05, 3.63) is 23.8 Å². The Balaban J connectivity index is 1.99. The second-order valence-electron chi connectivity index (χ2n) is 6.55. The summed E-state index contributed by atoms with van der Waals surface area (Å²) >= 11 is 0. The van der Waals surface area contributed by atoms with Crippen LogP contribution in [-0.4, -0.2) is 28.8 Å². The molecule has 0 spiro atoms. The second-order valence-corrected chi connectivity index (χ2v) is 8.85. The van der Waals surface area contributed by atoms with Crippen LogP contribution in [-0.2, 0) is 25.6 Å². The van der Waals surface area contributed by atoms with E-state index >= 15 is 0 Å². The zero-order chi connectivity index (χ0) is 14.8. The van der Waals surface area contributed by atoms with Gasteiger partial charge in [-0.05, 0) is 44.8 Å². The van der Waals surface area contributed by atoms with Gasteiger partial charge in [0.05, 0.1) is 32.4 Å². The Kier molecular flexibility index (Phi) is 2.88. The highest BCUT2D eigenvalue weighted by Gasteiger charge is 2.51. The van der Waals surface area contributed by atoms with Gasteiger partial charge in [-0.25, -0.2) is 8.57 Å². The molecule has 0 saturated carbocycles. The van der Waals surface area contributed by atoms with Crippen LogP contribution in [0.2, 0.25) is 0 Å². The molecule has 0 radical (unpaired) electrons. The summed E-state index contributed by atoms with van der Waals surface area (Å²) in [5.74, 6) is 0. The first kappa shape index (κ1) is 14.1. The third kappa shape index (κ3) is 2.01. The van der Waals surface area contributed by atoms with E-state index < -0.39 is 16.8 Å². The van der Waals surface area contributed by atoms with Gasteiger partial charge >= 0.3 is 7.12 Å². The average Bonchev–Trinajstić information content (AvgIpc) is 2.74. The van der Waals surface area contributed by atoms with Gasteiger partial charge in [0.15, 0.2) is 0 Å². The first-order valence-corrected chi connectivity index (χ1v) is 8.71. The predicted octanol–water partition coefficient (Wildman–Crippen LogP) is 1.96. The quantitative estimate of drug-likeness (QED) is 0.744. The van der Waals surface area contributed by atoms with E-state index in [2.05, 4.69) is 4.36 Å². The van der Waals surface area contributed by atoms with E-state index in [0.29, 0.717) is 6.54 Å². The van der Waals surface area contributed by atoms with E-state index in [9.17, 15) is 4.21 Å². The molecule has 20 heavy (non-hydrogen) atoms. The Hall–Kier alpha value is -0.845. The Labute approximate surface area is 121 Å². The molecule has 1 aromatic rings. The van der Waals surface area contributed by atoms with Crippen molar-refractivity contribution >= 4 is 22.3 Å². The van der Waals surface area contributed by atoms with Crippen LogP contribution in [0.5, 0.6) is 0 Å². The molecular formula is C14H20BNO3S. The van der Waals surface area contributed by atoms with Crippen molar-refractivity contribution in [3.63, 3.8) is 0 Å². The maximum absolute atomic E-state index is 12.4. The lowest BCUT2D eigenvalue weighted by atomic mass is 9.79. The highest BCUT2D eigenvalue weighted by molar-refractivity contribution is 7.93. The maximum atomic E-state index is 12.4. The summed E-state index contributed by atoms with van der Waals surface area (Å²) < 4.78 is 28.7. The van der Waals surface area contributed by atoms with Crippen molar-refractivity contribution < 1.29 is 13.5 Å². The Morgan fingerprint density at radius 3 is 2.40 bits per heavy atom. The van der Waals surface area contributed by atoms with E-state index in [1.165, 1.54) is 0 Å².